The monoisotopic (exact) mass is 348 g/mol. The molecule has 24 heavy (non-hydrogen) atoms. The van der Waals surface area contributed by atoms with Crippen molar-refractivity contribution >= 4 is 28.4 Å². The molecule has 1 aliphatic rings. The van der Waals surface area contributed by atoms with Gasteiger partial charge in [0.15, 0.2) is 0 Å². The van der Waals surface area contributed by atoms with Crippen molar-refractivity contribution in [3.8, 4) is 0 Å². The third-order valence-electron chi connectivity index (χ3n) is 4.15. The van der Waals surface area contributed by atoms with E-state index in [0.717, 1.165) is 5.57 Å². The number of rotatable bonds is 4. The topological polar surface area (TPSA) is 54.1 Å². The predicted molar refractivity (Wildman–Crippen MR) is 92.9 cm³/mol. The Bertz CT molecular complexity index is 850. The van der Waals surface area contributed by atoms with E-state index >= 15 is 0 Å². The molecule has 0 aliphatic carbocycles. The molecule has 0 saturated carbocycles. The number of aromatic nitrogens is 1. The van der Waals surface area contributed by atoms with E-state index in [4.69, 9.17) is 16.3 Å². The molecule has 2 heterocycles. The van der Waals surface area contributed by atoms with E-state index in [1.54, 1.807) is 12.1 Å². The minimum absolute atomic E-state index is 0.267. The number of hydrogen-bond acceptors (Lipinski definition) is 2. The van der Waals surface area contributed by atoms with Gasteiger partial charge in [0.05, 0.1) is 18.7 Å². The summed E-state index contributed by atoms with van der Waals surface area (Å²) in [6.07, 6.45) is 5.82. The number of carbonyl (C=O) groups is 1. The maximum Gasteiger partial charge on any atom is 0.268 e. The Morgan fingerprint density at radius 2 is 2.12 bits per heavy atom. The summed E-state index contributed by atoms with van der Waals surface area (Å²) in [5, 5.41) is 3.86. The summed E-state index contributed by atoms with van der Waals surface area (Å²) in [4.78, 5) is 15.5. The maximum atomic E-state index is 13.9. The number of benzene rings is 1. The summed E-state index contributed by atoms with van der Waals surface area (Å²) in [6, 6.07) is 4.43. The van der Waals surface area contributed by atoms with Crippen molar-refractivity contribution < 1.29 is 13.9 Å². The zero-order valence-electron chi connectivity index (χ0n) is 13.5. The van der Waals surface area contributed by atoms with E-state index in [-0.39, 0.29) is 17.1 Å². The molecule has 1 aromatic heterocycles. The molecule has 1 amide bonds. The van der Waals surface area contributed by atoms with Crippen LogP contribution < -0.4 is 5.32 Å². The average Bonchev–Trinajstić information content (AvgIpc) is 2.93. The molecule has 6 heteroatoms. The second kappa shape index (κ2) is 6.42. The van der Waals surface area contributed by atoms with E-state index in [2.05, 4.69) is 10.3 Å². The zero-order chi connectivity index (χ0) is 17.3. The molecule has 0 atom stereocenters. The van der Waals surface area contributed by atoms with Gasteiger partial charge in [-0.15, -0.1) is 0 Å². The molecule has 0 spiro atoms. The highest BCUT2D eigenvalue weighted by atomic mass is 35.5. The highest BCUT2D eigenvalue weighted by molar-refractivity contribution is 6.31. The molecule has 1 aliphatic heterocycles. The van der Waals surface area contributed by atoms with Crippen LogP contribution in [0.3, 0.4) is 0 Å². The third kappa shape index (κ3) is 2.85. The molecule has 1 saturated heterocycles. The third-order valence-corrected chi connectivity index (χ3v) is 4.37. The molecular formula is C18H18ClFN2O2. The van der Waals surface area contributed by atoms with Gasteiger partial charge >= 0.3 is 0 Å². The highest BCUT2D eigenvalue weighted by Gasteiger charge is 2.42. The van der Waals surface area contributed by atoms with Crippen LogP contribution in [0.1, 0.15) is 24.3 Å². The number of fused-ring (bicyclic) bond motifs is 1. The SMILES string of the molecule is CC=CC(=CC)C1(NC(=O)c2cc3cc(Cl)cc(F)c3[nH]2)COC1. The number of halogens is 2. The van der Waals surface area contributed by atoms with Crippen LogP contribution in [0.25, 0.3) is 10.9 Å². The molecule has 0 bridgehead atoms. The van der Waals surface area contributed by atoms with Gasteiger partial charge in [-0.2, -0.15) is 0 Å². The summed E-state index contributed by atoms with van der Waals surface area (Å²) >= 11 is 5.86. The van der Waals surface area contributed by atoms with E-state index in [9.17, 15) is 9.18 Å². The first-order valence-corrected chi connectivity index (χ1v) is 8.04. The van der Waals surface area contributed by atoms with Gasteiger partial charge in [0.25, 0.3) is 5.91 Å². The van der Waals surface area contributed by atoms with Crippen LogP contribution in [0.2, 0.25) is 5.02 Å². The summed E-state index contributed by atoms with van der Waals surface area (Å²) in [6.45, 7) is 4.65. The minimum atomic E-state index is -0.550. The summed E-state index contributed by atoms with van der Waals surface area (Å²) in [7, 11) is 0. The van der Waals surface area contributed by atoms with Crippen molar-refractivity contribution in [3.05, 3.63) is 58.5 Å². The largest absolute Gasteiger partial charge is 0.376 e. The molecule has 0 radical (unpaired) electrons. The number of aromatic amines is 1. The Morgan fingerprint density at radius 1 is 1.38 bits per heavy atom. The second-order valence-corrected chi connectivity index (χ2v) is 6.24. The van der Waals surface area contributed by atoms with Crippen LogP contribution >= 0.6 is 11.6 Å². The Hall–Kier alpha value is -2.11. The Labute approximate surface area is 144 Å². The van der Waals surface area contributed by atoms with Crippen molar-refractivity contribution in [2.45, 2.75) is 19.4 Å². The van der Waals surface area contributed by atoms with Gasteiger partial charge in [0.1, 0.15) is 17.1 Å². The standard InChI is InChI=1S/C18H18ClFN2O2/c1-3-5-12(4-2)18(9-24-10-18)22-17(23)15-7-11-6-13(19)8-14(20)16(11)21-15/h3-8,21H,9-10H2,1-2H3,(H,22,23). The van der Waals surface area contributed by atoms with Crippen molar-refractivity contribution in [2.24, 2.45) is 0 Å². The van der Waals surface area contributed by atoms with Crippen LogP contribution in [0, 0.1) is 5.82 Å². The Balaban J connectivity index is 1.90. The van der Waals surface area contributed by atoms with Gasteiger partial charge in [0.2, 0.25) is 0 Å². The predicted octanol–water partition coefficient (Wildman–Crippen LogP) is 3.98. The van der Waals surface area contributed by atoms with Gasteiger partial charge < -0.3 is 15.0 Å². The summed E-state index contributed by atoms with van der Waals surface area (Å²) in [5.41, 5.74) is 0.984. The number of amides is 1. The van der Waals surface area contributed by atoms with E-state index < -0.39 is 11.4 Å². The lowest BCUT2D eigenvalue weighted by atomic mass is 9.86. The number of carbonyl (C=O) groups excluding carboxylic acids is 1. The molecule has 1 fully saturated rings. The smallest absolute Gasteiger partial charge is 0.268 e. The van der Waals surface area contributed by atoms with Gasteiger partial charge in [-0.1, -0.05) is 29.8 Å². The van der Waals surface area contributed by atoms with Crippen LogP contribution in [-0.4, -0.2) is 29.6 Å². The lowest BCUT2D eigenvalue weighted by Gasteiger charge is -2.43. The fourth-order valence-corrected chi connectivity index (χ4v) is 3.11. The van der Waals surface area contributed by atoms with Gasteiger partial charge in [-0.3, -0.25) is 4.79 Å². The molecule has 1 aromatic carbocycles. The number of H-pyrrole nitrogens is 1. The zero-order valence-corrected chi connectivity index (χ0v) is 14.2. The molecule has 2 aromatic rings. The Morgan fingerprint density at radius 3 is 2.71 bits per heavy atom. The number of hydrogen-bond donors (Lipinski definition) is 2. The molecule has 2 N–H and O–H groups in total. The lowest BCUT2D eigenvalue weighted by Crippen LogP contribution is -2.63. The molecule has 4 nitrogen and oxygen atoms in total. The molecule has 126 valence electrons. The van der Waals surface area contributed by atoms with Crippen molar-refractivity contribution in [1.29, 1.82) is 0 Å². The van der Waals surface area contributed by atoms with Crippen LogP contribution in [-0.2, 0) is 4.74 Å². The fraction of sp³-hybridized carbons (Fsp3) is 0.278. The first-order chi connectivity index (χ1) is 11.5. The first-order valence-electron chi connectivity index (χ1n) is 7.66. The maximum absolute atomic E-state index is 13.9. The number of ether oxygens (including phenoxy) is 1. The van der Waals surface area contributed by atoms with Gasteiger partial charge in [-0.05, 0) is 37.6 Å². The molecule has 0 unspecified atom stereocenters. The second-order valence-electron chi connectivity index (χ2n) is 5.81. The summed E-state index contributed by atoms with van der Waals surface area (Å²) < 4.78 is 19.3. The van der Waals surface area contributed by atoms with Crippen LogP contribution in [0.4, 0.5) is 4.39 Å². The number of nitrogens with one attached hydrogen (secondary N) is 2. The lowest BCUT2D eigenvalue weighted by molar-refractivity contribution is -0.0482. The molecular weight excluding hydrogens is 331 g/mol. The van der Waals surface area contributed by atoms with E-state index in [1.807, 2.05) is 32.1 Å². The fourth-order valence-electron chi connectivity index (χ4n) is 2.90. The van der Waals surface area contributed by atoms with Crippen LogP contribution in [0.5, 0.6) is 0 Å². The van der Waals surface area contributed by atoms with E-state index in [0.29, 0.717) is 23.6 Å². The van der Waals surface area contributed by atoms with E-state index in [1.165, 1.54) is 6.07 Å². The van der Waals surface area contributed by atoms with Gasteiger partial charge in [0, 0.05) is 10.4 Å². The van der Waals surface area contributed by atoms with Crippen molar-refractivity contribution in [2.75, 3.05) is 13.2 Å². The number of allylic oxidation sites excluding steroid dienone is 2. The van der Waals surface area contributed by atoms with Crippen molar-refractivity contribution in [3.63, 3.8) is 0 Å². The summed E-state index contributed by atoms with van der Waals surface area (Å²) in [5.74, 6) is -0.796. The minimum Gasteiger partial charge on any atom is -0.376 e. The first kappa shape index (κ1) is 16.7. The van der Waals surface area contributed by atoms with Crippen LogP contribution in [0.15, 0.2) is 42.0 Å². The quantitative estimate of drug-likeness (QED) is 0.821. The Kier molecular flexibility index (Phi) is 4.47. The highest BCUT2D eigenvalue weighted by Crippen LogP contribution is 2.29. The van der Waals surface area contributed by atoms with Crippen molar-refractivity contribution in [1.82, 2.24) is 10.3 Å². The van der Waals surface area contributed by atoms with Gasteiger partial charge in [-0.25, -0.2) is 4.39 Å². The molecule has 3 rings (SSSR count). The average molecular weight is 349 g/mol. The normalized spacial score (nSPS) is 17.2.